The van der Waals surface area contributed by atoms with E-state index in [1.807, 2.05) is 18.2 Å². The topological polar surface area (TPSA) is 63.7 Å². The second kappa shape index (κ2) is 8.20. The van der Waals surface area contributed by atoms with E-state index >= 15 is 0 Å². The lowest BCUT2D eigenvalue weighted by Gasteiger charge is -2.30. The first-order valence-corrected chi connectivity index (χ1v) is 10.3. The SMILES string of the molecule is O=C(OCc1ccccc1Cl)C1CCN(S(=O)(=O)c2ccccc2)CC1. The Bertz CT molecular complexity index is 862. The fourth-order valence-electron chi connectivity index (χ4n) is 2.96. The Labute approximate surface area is 158 Å². The number of benzene rings is 2. The molecule has 0 aliphatic carbocycles. The average molecular weight is 394 g/mol. The molecule has 26 heavy (non-hydrogen) atoms. The normalized spacial score (nSPS) is 16.3. The van der Waals surface area contributed by atoms with Crippen LogP contribution in [0.4, 0.5) is 0 Å². The quantitative estimate of drug-likeness (QED) is 0.729. The molecule has 1 heterocycles. The Kier molecular flexibility index (Phi) is 5.96. The lowest BCUT2D eigenvalue weighted by molar-refractivity contribution is -0.151. The lowest BCUT2D eigenvalue weighted by atomic mass is 9.98. The van der Waals surface area contributed by atoms with E-state index in [0.29, 0.717) is 31.0 Å². The predicted octanol–water partition coefficient (Wildman–Crippen LogP) is 3.48. The minimum absolute atomic E-state index is 0.126. The van der Waals surface area contributed by atoms with Gasteiger partial charge in [-0.05, 0) is 31.0 Å². The smallest absolute Gasteiger partial charge is 0.309 e. The van der Waals surface area contributed by atoms with Crippen molar-refractivity contribution in [3.8, 4) is 0 Å². The second-order valence-corrected chi connectivity index (χ2v) is 8.54. The van der Waals surface area contributed by atoms with E-state index in [0.717, 1.165) is 5.56 Å². The third kappa shape index (κ3) is 4.26. The van der Waals surface area contributed by atoms with E-state index in [1.165, 1.54) is 4.31 Å². The highest BCUT2D eigenvalue weighted by Crippen LogP contribution is 2.25. The van der Waals surface area contributed by atoms with E-state index in [1.54, 1.807) is 36.4 Å². The highest BCUT2D eigenvalue weighted by molar-refractivity contribution is 7.89. The summed E-state index contributed by atoms with van der Waals surface area (Å²) in [6.45, 7) is 0.743. The Balaban J connectivity index is 1.55. The number of sulfonamides is 1. The molecule has 1 saturated heterocycles. The van der Waals surface area contributed by atoms with Crippen LogP contribution < -0.4 is 0 Å². The maximum Gasteiger partial charge on any atom is 0.309 e. The van der Waals surface area contributed by atoms with E-state index < -0.39 is 10.0 Å². The summed E-state index contributed by atoms with van der Waals surface area (Å²) >= 11 is 6.06. The van der Waals surface area contributed by atoms with Crippen LogP contribution in [-0.2, 0) is 26.2 Å². The number of ether oxygens (including phenoxy) is 1. The van der Waals surface area contributed by atoms with Gasteiger partial charge in [-0.2, -0.15) is 4.31 Å². The van der Waals surface area contributed by atoms with E-state index in [-0.39, 0.29) is 23.4 Å². The molecule has 0 N–H and O–H groups in total. The number of carbonyl (C=O) groups is 1. The number of piperidine rings is 1. The molecular weight excluding hydrogens is 374 g/mol. The number of nitrogens with zero attached hydrogens (tertiary/aromatic N) is 1. The molecule has 7 heteroatoms. The Morgan fingerprint density at radius 3 is 2.31 bits per heavy atom. The van der Waals surface area contributed by atoms with Gasteiger partial charge in [0.05, 0.1) is 10.8 Å². The van der Waals surface area contributed by atoms with Crippen molar-refractivity contribution in [3.05, 3.63) is 65.2 Å². The van der Waals surface area contributed by atoms with Crippen molar-refractivity contribution in [1.29, 1.82) is 0 Å². The summed E-state index contributed by atoms with van der Waals surface area (Å²) in [6, 6.07) is 15.6. The minimum Gasteiger partial charge on any atom is -0.461 e. The molecule has 1 aliphatic rings. The zero-order valence-electron chi connectivity index (χ0n) is 14.2. The fourth-order valence-corrected chi connectivity index (χ4v) is 4.64. The number of rotatable bonds is 5. The van der Waals surface area contributed by atoms with Gasteiger partial charge in [0.2, 0.25) is 10.0 Å². The van der Waals surface area contributed by atoms with Gasteiger partial charge in [0.15, 0.2) is 0 Å². The molecule has 0 bridgehead atoms. The first kappa shape index (κ1) is 18.9. The molecule has 138 valence electrons. The molecule has 0 atom stereocenters. The molecule has 0 radical (unpaired) electrons. The van der Waals surface area contributed by atoms with Crippen LogP contribution in [0.2, 0.25) is 5.02 Å². The average Bonchev–Trinajstić information content (AvgIpc) is 2.68. The van der Waals surface area contributed by atoms with Gasteiger partial charge in [-0.25, -0.2) is 8.42 Å². The van der Waals surface area contributed by atoms with E-state index in [4.69, 9.17) is 16.3 Å². The van der Waals surface area contributed by atoms with Gasteiger partial charge < -0.3 is 4.74 Å². The zero-order valence-corrected chi connectivity index (χ0v) is 15.7. The molecule has 1 fully saturated rings. The number of hydrogen-bond donors (Lipinski definition) is 0. The van der Waals surface area contributed by atoms with Crippen molar-refractivity contribution in [2.75, 3.05) is 13.1 Å². The summed E-state index contributed by atoms with van der Waals surface area (Å²) < 4.78 is 32.0. The van der Waals surface area contributed by atoms with Crippen molar-refractivity contribution in [2.45, 2.75) is 24.3 Å². The summed E-state index contributed by atoms with van der Waals surface area (Å²) in [6.07, 6.45) is 0.904. The predicted molar refractivity (Wildman–Crippen MR) is 99.2 cm³/mol. The van der Waals surface area contributed by atoms with Crippen LogP contribution in [0.15, 0.2) is 59.5 Å². The summed E-state index contributed by atoms with van der Waals surface area (Å²) in [5, 5.41) is 0.559. The lowest BCUT2D eigenvalue weighted by Crippen LogP contribution is -2.40. The fraction of sp³-hybridized carbons (Fsp3) is 0.316. The maximum absolute atomic E-state index is 12.6. The standard InChI is InChI=1S/C19H20ClNO4S/c20-18-9-5-4-6-16(18)14-25-19(22)15-10-12-21(13-11-15)26(23,24)17-7-2-1-3-8-17/h1-9,15H,10-14H2. The van der Waals surface area contributed by atoms with E-state index in [9.17, 15) is 13.2 Å². The van der Waals surface area contributed by atoms with Gasteiger partial charge in [0, 0.05) is 23.7 Å². The summed E-state index contributed by atoms with van der Waals surface area (Å²) in [4.78, 5) is 12.6. The second-order valence-electron chi connectivity index (χ2n) is 6.19. The first-order chi connectivity index (χ1) is 12.5. The molecule has 0 saturated carbocycles. The van der Waals surface area contributed by atoms with Crippen molar-refractivity contribution >= 4 is 27.6 Å². The molecule has 2 aromatic rings. The maximum atomic E-state index is 12.6. The number of carbonyl (C=O) groups excluding carboxylic acids is 1. The minimum atomic E-state index is -3.51. The highest BCUT2D eigenvalue weighted by Gasteiger charge is 2.32. The van der Waals surface area contributed by atoms with Crippen molar-refractivity contribution in [2.24, 2.45) is 5.92 Å². The van der Waals surface area contributed by atoms with Crippen LogP contribution in [0.3, 0.4) is 0 Å². The molecule has 0 aromatic heterocycles. The molecule has 0 unspecified atom stereocenters. The number of halogens is 1. The molecule has 5 nitrogen and oxygen atoms in total. The third-order valence-corrected chi connectivity index (χ3v) is 6.78. The van der Waals surface area contributed by atoms with Crippen LogP contribution >= 0.6 is 11.6 Å². The Hall–Kier alpha value is -1.89. The first-order valence-electron chi connectivity index (χ1n) is 8.44. The highest BCUT2D eigenvalue weighted by atomic mass is 35.5. The van der Waals surface area contributed by atoms with Crippen molar-refractivity contribution < 1.29 is 17.9 Å². The number of hydrogen-bond acceptors (Lipinski definition) is 4. The van der Waals surface area contributed by atoms with Gasteiger partial charge in [-0.15, -0.1) is 0 Å². The molecule has 2 aromatic carbocycles. The largest absolute Gasteiger partial charge is 0.461 e. The Morgan fingerprint density at radius 1 is 1.04 bits per heavy atom. The van der Waals surface area contributed by atoms with E-state index in [2.05, 4.69) is 0 Å². The van der Waals surface area contributed by atoms with Gasteiger partial charge in [0.25, 0.3) is 0 Å². The molecule has 3 rings (SSSR count). The monoisotopic (exact) mass is 393 g/mol. The van der Waals surface area contributed by atoms with Crippen LogP contribution in [0, 0.1) is 5.92 Å². The van der Waals surface area contributed by atoms with Crippen LogP contribution in [0.1, 0.15) is 18.4 Å². The third-order valence-electron chi connectivity index (χ3n) is 4.50. The molecule has 0 amide bonds. The van der Waals surface area contributed by atoms with Gasteiger partial charge in [-0.1, -0.05) is 48.0 Å². The Morgan fingerprint density at radius 2 is 1.65 bits per heavy atom. The van der Waals surface area contributed by atoms with Crippen molar-refractivity contribution in [1.82, 2.24) is 4.31 Å². The summed E-state index contributed by atoms with van der Waals surface area (Å²) in [5.74, 6) is -0.596. The molecule has 0 spiro atoms. The molecule has 1 aliphatic heterocycles. The van der Waals surface area contributed by atoms with Crippen LogP contribution in [0.5, 0.6) is 0 Å². The molecular formula is C19H20ClNO4S. The van der Waals surface area contributed by atoms with Crippen molar-refractivity contribution in [3.63, 3.8) is 0 Å². The zero-order chi connectivity index (χ0) is 18.6. The van der Waals surface area contributed by atoms with Gasteiger partial charge >= 0.3 is 5.97 Å². The summed E-state index contributed by atoms with van der Waals surface area (Å²) in [5.41, 5.74) is 0.756. The van der Waals surface area contributed by atoms with Gasteiger partial charge in [0.1, 0.15) is 6.61 Å². The number of esters is 1. The summed E-state index contributed by atoms with van der Waals surface area (Å²) in [7, 11) is -3.51. The van der Waals surface area contributed by atoms with Crippen LogP contribution in [-0.4, -0.2) is 31.8 Å². The van der Waals surface area contributed by atoms with Gasteiger partial charge in [-0.3, -0.25) is 4.79 Å². The van der Waals surface area contributed by atoms with Crippen LogP contribution in [0.25, 0.3) is 0 Å².